The van der Waals surface area contributed by atoms with E-state index in [1.165, 1.54) is 0 Å². The molecule has 0 radical (unpaired) electrons. The summed E-state index contributed by atoms with van der Waals surface area (Å²) in [6.07, 6.45) is 3.42. The largest absolute Gasteiger partial charge is 0.314 e. The van der Waals surface area contributed by atoms with Crippen LogP contribution in [0, 0.1) is 11.3 Å². The van der Waals surface area contributed by atoms with E-state index in [9.17, 15) is 0 Å². The third kappa shape index (κ3) is 1.90. The van der Waals surface area contributed by atoms with Crippen molar-refractivity contribution in [2.24, 2.45) is 0 Å². The Labute approximate surface area is 83.0 Å². The number of nitriles is 1. The van der Waals surface area contributed by atoms with Gasteiger partial charge in [0.25, 0.3) is 0 Å². The van der Waals surface area contributed by atoms with Crippen molar-refractivity contribution < 1.29 is 0 Å². The van der Waals surface area contributed by atoms with E-state index in [1.54, 1.807) is 12.4 Å². The lowest BCUT2D eigenvalue weighted by Crippen LogP contribution is -2.55. The van der Waals surface area contributed by atoms with E-state index in [0.29, 0.717) is 6.04 Å². The Morgan fingerprint density at radius 3 is 2.71 bits per heavy atom. The van der Waals surface area contributed by atoms with E-state index in [-0.39, 0.29) is 6.04 Å². The molecule has 14 heavy (non-hydrogen) atoms. The van der Waals surface area contributed by atoms with E-state index in [2.05, 4.69) is 21.7 Å². The molecule has 1 aliphatic rings. The van der Waals surface area contributed by atoms with Gasteiger partial charge < -0.3 is 5.32 Å². The summed E-state index contributed by atoms with van der Waals surface area (Å²) in [5, 5.41) is 15.4. The van der Waals surface area contributed by atoms with Crippen molar-refractivity contribution in [3.8, 4) is 6.07 Å². The fraction of sp³-hybridized carbons (Fsp3) is 0.400. The molecule has 72 valence electrons. The van der Waals surface area contributed by atoms with Gasteiger partial charge in [-0.1, -0.05) is 0 Å². The Bertz CT molecular complexity index is 326. The number of rotatable bonds is 3. The molecule has 0 unspecified atom stereocenters. The lowest BCUT2D eigenvalue weighted by atomic mass is 10.1. The molecule has 1 aromatic heterocycles. The molecule has 0 aliphatic carbocycles. The van der Waals surface area contributed by atoms with Crippen LogP contribution in [0.15, 0.2) is 24.5 Å². The fourth-order valence-corrected chi connectivity index (χ4v) is 1.41. The van der Waals surface area contributed by atoms with Crippen LogP contribution in [0.1, 0.15) is 11.6 Å². The second-order valence-electron chi connectivity index (χ2n) is 3.36. The minimum atomic E-state index is -0.218. The van der Waals surface area contributed by atoms with Gasteiger partial charge in [-0.2, -0.15) is 5.26 Å². The molecule has 0 aromatic carbocycles. The van der Waals surface area contributed by atoms with Crippen LogP contribution in [0.5, 0.6) is 0 Å². The minimum Gasteiger partial charge on any atom is -0.314 e. The van der Waals surface area contributed by atoms with Crippen LogP contribution in [0.25, 0.3) is 0 Å². The van der Waals surface area contributed by atoms with Gasteiger partial charge in [0.05, 0.1) is 6.07 Å². The molecule has 1 aromatic rings. The molecular weight excluding hydrogens is 176 g/mol. The summed E-state index contributed by atoms with van der Waals surface area (Å²) in [6.45, 7) is 1.90. The van der Waals surface area contributed by atoms with Crippen molar-refractivity contribution in [3.05, 3.63) is 30.1 Å². The summed E-state index contributed by atoms with van der Waals surface area (Å²) in [7, 11) is 0. The highest BCUT2D eigenvalue weighted by molar-refractivity contribution is 5.21. The first-order valence-electron chi connectivity index (χ1n) is 4.66. The molecule has 2 rings (SSSR count). The molecule has 2 N–H and O–H groups in total. The molecule has 0 amide bonds. The zero-order valence-electron chi connectivity index (χ0n) is 7.77. The quantitative estimate of drug-likeness (QED) is 0.711. The third-order valence-corrected chi connectivity index (χ3v) is 2.35. The van der Waals surface area contributed by atoms with Gasteiger partial charge in [0.2, 0.25) is 0 Å². The molecule has 1 saturated heterocycles. The standard InChI is InChI=1S/C10H12N4/c11-5-10(14-9-6-13-7-9)8-1-3-12-4-2-8/h1-4,9-10,13-14H,6-7H2/t10-/m1/s1. The lowest BCUT2D eigenvalue weighted by molar-refractivity contribution is 0.352. The molecule has 1 fully saturated rings. The van der Waals surface area contributed by atoms with Crippen LogP contribution >= 0.6 is 0 Å². The van der Waals surface area contributed by atoms with Gasteiger partial charge >= 0.3 is 0 Å². The van der Waals surface area contributed by atoms with Crippen molar-refractivity contribution >= 4 is 0 Å². The number of nitrogens with zero attached hydrogens (tertiary/aromatic N) is 2. The molecular formula is C10H12N4. The van der Waals surface area contributed by atoms with Crippen molar-refractivity contribution in [1.29, 1.82) is 5.26 Å². The predicted octanol–water partition coefficient (Wildman–Crippen LogP) is 0.208. The van der Waals surface area contributed by atoms with E-state index in [4.69, 9.17) is 5.26 Å². The smallest absolute Gasteiger partial charge is 0.121 e. The summed E-state index contributed by atoms with van der Waals surface area (Å²) in [6, 6.07) is 6.19. The number of pyridine rings is 1. The third-order valence-electron chi connectivity index (χ3n) is 2.35. The van der Waals surface area contributed by atoms with E-state index in [1.807, 2.05) is 12.1 Å². The first kappa shape index (κ1) is 9.13. The Balaban J connectivity index is 2.02. The van der Waals surface area contributed by atoms with Crippen molar-refractivity contribution in [1.82, 2.24) is 15.6 Å². The van der Waals surface area contributed by atoms with Gasteiger partial charge in [-0.3, -0.25) is 10.3 Å². The molecule has 0 bridgehead atoms. The maximum absolute atomic E-state index is 8.99. The monoisotopic (exact) mass is 188 g/mol. The van der Waals surface area contributed by atoms with Crippen LogP contribution in [-0.4, -0.2) is 24.1 Å². The van der Waals surface area contributed by atoms with Crippen LogP contribution in [-0.2, 0) is 0 Å². The molecule has 4 nitrogen and oxygen atoms in total. The summed E-state index contributed by atoms with van der Waals surface area (Å²) in [4.78, 5) is 3.93. The first-order chi connectivity index (χ1) is 6.90. The van der Waals surface area contributed by atoms with E-state index in [0.717, 1.165) is 18.7 Å². The van der Waals surface area contributed by atoms with Crippen LogP contribution in [0.3, 0.4) is 0 Å². The second-order valence-corrected chi connectivity index (χ2v) is 3.36. The topological polar surface area (TPSA) is 60.7 Å². The zero-order valence-corrected chi connectivity index (χ0v) is 7.77. The second kappa shape index (κ2) is 4.18. The lowest BCUT2D eigenvalue weighted by Gasteiger charge is -2.30. The minimum absolute atomic E-state index is 0.218. The Morgan fingerprint density at radius 1 is 1.50 bits per heavy atom. The molecule has 0 spiro atoms. The van der Waals surface area contributed by atoms with Gasteiger partial charge in [-0.05, 0) is 17.7 Å². The Kier molecular flexibility index (Phi) is 2.73. The number of nitrogens with one attached hydrogen (secondary N) is 2. The Morgan fingerprint density at radius 2 is 2.21 bits per heavy atom. The zero-order chi connectivity index (χ0) is 9.80. The van der Waals surface area contributed by atoms with Gasteiger partial charge in [-0.15, -0.1) is 0 Å². The SMILES string of the molecule is N#C[C@@H](NC1CNC1)c1ccncc1. The number of hydrogen-bond donors (Lipinski definition) is 2. The Hall–Kier alpha value is -1.44. The van der Waals surface area contributed by atoms with E-state index < -0.39 is 0 Å². The number of hydrogen-bond acceptors (Lipinski definition) is 4. The van der Waals surface area contributed by atoms with E-state index >= 15 is 0 Å². The molecule has 0 saturated carbocycles. The highest BCUT2D eigenvalue weighted by Gasteiger charge is 2.21. The van der Waals surface area contributed by atoms with Gasteiger partial charge in [0.15, 0.2) is 0 Å². The molecule has 4 heteroatoms. The summed E-state index contributed by atoms with van der Waals surface area (Å²) < 4.78 is 0. The maximum atomic E-state index is 8.99. The first-order valence-corrected chi connectivity index (χ1v) is 4.66. The predicted molar refractivity (Wildman–Crippen MR) is 52.4 cm³/mol. The average molecular weight is 188 g/mol. The maximum Gasteiger partial charge on any atom is 0.121 e. The molecule has 1 atom stereocenters. The van der Waals surface area contributed by atoms with Gasteiger partial charge in [-0.25, -0.2) is 0 Å². The highest BCUT2D eigenvalue weighted by Crippen LogP contribution is 2.11. The van der Waals surface area contributed by atoms with Crippen molar-refractivity contribution in [2.75, 3.05) is 13.1 Å². The summed E-state index contributed by atoms with van der Waals surface area (Å²) in [5.41, 5.74) is 0.981. The fourth-order valence-electron chi connectivity index (χ4n) is 1.41. The molecule has 2 heterocycles. The average Bonchev–Trinajstić information content (AvgIpc) is 2.18. The highest BCUT2D eigenvalue weighted by atomic mass is 15.1. The van der Waals surface area contributed by atoms with Crippen LogP contribution in [0.4, 0.5) is 0 Å². The number of aromatic nitrogens is 1. The van der Waals surface area contributed by atoms with Gasteiger partial charge in [0.1, 0.15) is 6.04 Å². The van der Waals surface area contributed by atoms with Crippen molar-refractivity contribution in [3.63, 3.8) is 0 Å². The van der Waals surface area contributed by atoms with Gasteiger partial charge in [0, 0.05) is 31.5 Å². The summed E-state index contributed by atoms with van der Waals surface area (Å²) in [5.74, 6) is 0. The van der Waals surface area contributed by atoms with Crippen LogP contribution < -0.4 is 10.6 Å². The molecule has 1 aliphatic heterocycles. The van der Waals surface area contributed by atoms with Crippen LogP contribution in [0.2, 0.25) is 0 Å². The normalized spacial score (nSPS) is 18.2. The van der Waals surface area contributed by atoms with Crippen molar-refractivity contribution in [2.45, 2.75) is 12.1 Å². The summed E-state index contributed by atoms with van der Waals surface area (Å²) >= 11 is 0.